The molecule has 2 aromatic carbocycles. The molecule has 3 aromatic rings. The second-order valence-corrected chi connectivity index (χ2v) is 5.85. The zero-order valence-corrected chi connectivity index (χ0v) is 14.2. The van der Waals surface area contributed by atoms with Crippen LogP contribution in [-0.4, -0.2) is 16.2 Å². The Morgan fingerprint density at radius 1 is 1.17 bits per heavy atom. The van der Waals surface area contributed by atoms with E-state index in [1.165, 1.54) is 0 Å². The Bertz CT molecular complexity index is 821. The average molecular weight is 388 g/mol. The van der Waals surface area contributed by atoms with Crippen LogP contribution in [0.5, 0.6) is 0 Å². The third-order valence-corrected chi connectivity index (χ3v) is 3.64. The van der Waals surface area contributed by atoms with Crippen LogP contribution in [0.2, 0.25) is 0 Å². The summed E-state index contributed by atoms with van der Waals surface area (Å²) >= 11 is 3.39. The van der Waals surface area contributed by atoms with Gasteiger partial charge in [0.25, 0.3) is 0 Å². The lowest BCUT2D eigenvalue weighted by Gasteiger charge is -2.05. The van der Waals surface area contributed by atoms with Gasteiger partial charge in [-0.25, -0.2) is 4.79 Å². The van der Waals surface area contributed by atoms with E-state index in [9.17, 15) is 4.79 Å². The average Bonchev–Trinajstić information content (AvgIpc) is 3.08. The van der Waals surface area contributed by atoms with Gasteiger partial charge in [0, 0.05) is 10.0 Å². The quantitative estimate of drug-likeness (QED) is 0.717. The van der Waals surface area contributed by atoms with E-state index in [2.05, 4.69) is 31.4 Å². The fourth-order valence-corrected chi connectivity index (χ4v) is 2.39. The van der Waals surface area contributed by atoms with E-state index in [-0.39, 0.29) is 13.2 Å². The van der Waals surface area contributed by atoms with Crippen LogP contribution in [0.1, 0.15) is 11.5 Å². The summed E-state index contributed by atoms with van der Waals surface area (Å²) in [5.41, 5.74) is 1.74. The van der Waals surface area contributed by atoms with Crippen molar-refractivity contribution < 1.29 is 14.1 Å². The largest absolute Gasteiger partial charge is 0.445 e. The lowest BCUT2D eigenvalue weighted by molar-refractivity contribution is 0.138. The zero-order chi connectivity index (χ0) is 16.8. The van der Waals surface area contributed by atoms with Crippen LogP contribution in [0.3, 0.4) is 0 Å². The lowest BCUT2D eigenvalue weighted by atomic mass is 10.2. The van der Waals surface area contributed by atoms with Crippen LogP contribution in [-0.2, 0) is 17.9 Å². The molecule has 3 rings (SSSR count). The third-order valence-electron chi connectivity index (χ3n) is 3.15. The summed E-state index contributed by atoms with van der Waals surface area (Å²) in [7, 11) is 0. The first-order valence-corrected chi connectivity index (χ1v) is 8.03. The molecule has 0 radical (unpaired) electrons. The molecule has 122 valence electrons. The molecule has 0 aliphatic heterocycles. The maximum Gasteiger partial charge on any atom is 0.407 e. The summed E-state index contributed by atoms with van der Waals surface area (Å²) in [5.74, 6) is 0.771. The lowest BCUT2D eigenvalue weighted by Crippen LogP contribution is -2.23. The van der Waals surface area contributed by atoms with Crippen molar-refractivity contribution in [3.8, 4) is 11.4 Å². The minimum Gasteiger partial charge on any atom is -0.445 e. The smallest absolute Gasteiger partial charge is 0.407 e. The number of nitrogens with zero attached hydrogens (tertiary/aromatic N) is 2. The number of rotatable bonds is 5. The summed E-state index contributed by atoms with van der Waals surface area (Å²) in [4.78, 5) is 15.9. The fraction of sp³-hybridized carbons (Fsp3) is 0.118. The van der Waals surface area contributed by atoms with Gasteiger partial charge in [0.2, 0.25) is 11.7 Å². The van der Waals surface area contributed by atoms with Crippen LogP contribution in [0.4, 0.5) is 4.79 Å². The fourth-order valence-electron chi connectivity index (χ4n) is 1.99. The predicted octanol–water partition coefficient (Wildman–Crippen LogP) is 3.93. The molecule has 7 heteroatoms. The topological polar surface area (TPSA) is 77.3 Å². The molecule has 0 atom stereocenters. The zero-order valence-electron chi connectivity index (χ0n) is 12.6. The summed E-state index contributed by atoms with van der Waals surface area (Å²) < 4.78 is 11.2. The number of ether oxygens (including phenoxy) is 1. The molecule has 1 N–H and O–H groups in total. The van der Waals surface area contributed by atoms with Gasteiger partial charge in [0.05, 0.1) is 0 Å². The van der Waals surface area contributed by atoms with Crippen LogP contribution >= 0.6 is 15.9 Å². The molecule has 1 aromatic heterocycles. The van der Waals surface area contributed by atoms with Crippen LogP contribution < -0.4 is 5.32 Å². The Morgan fingerprint density at radius 2 is 2.00 bits per heavy atom. The number of nitrogens with one attached hydrogen (secondary N) is 1. The highest BCUT2D eigenvalue weighted by atomic mass is 79.9. The van der Waals surface area contributed by atoms with E-state index in [0.717, 1.165) is 15.6 Å². The molecule has 0 fully saturated rings. The highest BCUT2D eigenvalue weighted by Crippen LogP contribution is 2.20. The molecule has 0 spiro atoms. The normalized spacial score (nSPS) is 10.4. The van der Waals surface area contributed by atoms with Gasteiger partial charge < -0.3 is 14.6 Å². The number of benzene rings is 2. The maximum absolute atomic E-state index is 11.7. The summed E-state index contributed by atoms with van der Waals surface area (Å²) in [6.07, 6.45) is -0.541. The van der Waals surface area contributed by atoms with Crippen molar-refractivity contribution in [1.82, 2.24) is 15.5 Å². The number of carbonyl (C=O) groups is 1. The van der Waals surface area contributed by atoms with Crippen LogP contribution in [0.25, 0.3) is 11.4 Å². The van der Waals surface area contributed by atoms with Crippen LogP contribution in [0.15, 0.2) is 63.6 Å². The Labute approximate surface area is 147 Å². The molecule has 0 unspecified atom stereocenters. The van der Waals surface area contributed by atoms with Crippen LogP contribution in [0, 0.1) is 0 Å². The van der Waals surface area contributed by atoms with Crippen molar-refractivity contribution in [2.24, 2.45) is 0 Å². The van der Waals surface area contributed by atoms with Gasteiger partial charge in [-0.05, 0) is 17.7 Å². The summed E-state index contributed by atoms with van der Waals surface area (Å²) in [5, 5.41) is 6.48. The first kappa shape index (κ1) is 16.2. The highest BCUT2D eigenvalue weighted by molar-refractivity contribution is 9.10. The van der Waals surface area contributed by atoms with Crippen molar-refractivity contribution >= 4 is 22.0 Å². The molecule has 1 amide bonds. The molecule has 0 saturated heterocycles. The Balaban J connectivity index is 1.51. The Hall–Kier alpha value is -2.67. The van der Waals surface area contributed by atoms with E-state index in [1.54, 1.807) is 0 Å². The number of halogens is 1. The van der Waals surface area contributed by atoms with Crippen molar-refractivity contribution in [3.63, 3.8) is 0 Å². The minimum atomic E-state index is -0.541. The van der Waals surface area contributed by atoms with Gasteiger partial charge in [-0.2, -0.15) is 4.98 Å². The molecule has 0 aliphatic carbocycles. The minimum absolute atomic E-state index is 0.106. The highest BCUT2D eigenvalue weighted by Gasteiger charge is 2.10. The summed E-state index contributed by atoms with van der Waals surface area (Å²) in [6.45, 7) is 0.314. The van der Waals surface area contributed by atoms with E-state index in [4.69, 9.17) is 9.26 Å². The van der Waals surface area contributed by atoms with Crippen molar-refractivity contribution in [3.05, 3.63) is 70.5 Å². The Kier molecular flexibility index (Phi) is 5.22. The number of hydrogen-bond acceptors (Lipinski definition) is 5. The van der Waals surface area contributed by atoms with E-state index in [0.29, 0.717) is 11.7 Å². The van der Waals surface area contributed by atoms with E-state index in [1.807, 2.05) is 54.6 Å². The third kappa shape index (κ3) is 4.42. The number of hydrogen-bond donors (Lipinski definition) is 1. The Morgan fingerprint density at radius 3 is 2.79 bits per heavy atom. The van der Waals surface area contributed by atoms with Crippen molar-refractivity contribution in [2.45, 2.75) is 13.2 Å². The molecule has 0 saturated carbocycles. The molecule has 1 heterocycles. The SMILES string of the molecule is O=C(NCc1nc(-c2cccc(Br)c2)no1)OCc1ccccc1. The molecule has 6 nitrogen and oxygen atoms in total. The second kappa shape index (κ2) is 7.74. The molecular formula is C17H14BrN3O3. The molecule has 0 bridgehead atoms. The standard InChI is InChI=1S/C17H14BrN3O3/c18-14-8-4-7-13(9-14)16-20-15(24-21-16)10-19-17(22)23-11-12-5-2-1-3-6-12/h1-9H,10-11H2,(H,19,22). The number of amides is 1. The molecule has 24 heavy (non-hydrogen) atoms. The summed E-state index contributed by atoms with van der Waals surface area (Å²) in [6, 6.07) is 17.0. The van der Waals surface area contributed by atoms with E-state index >= 15 is 0 Å². The van der Waals surface area contributed by atoms with Gasteiger partial charge in [-0.3, -0.25) is 0 Å². The van der Waals surface area contributed by atoms with Crippen molar-refractivity contribution in [2.75, 3.05) is 0 Å². The number of aromatic nitrogens is 2. The number of alkyl carbamates (subject to hydrolysis) is 1. The van der Waals surface area contributed by atoms with Gasteiger partial charge in [-0.15, -0.1) is 0 Å². The van der Waals surface area contributed by atoms with Gasteiger partial charge in [-0.1, -0.05) is 63.6 Å². The first-order valence-electron chi connectivity index (χ1n) is 7.24. The maximum atomic E-state index is 11.7. The van der Waals surface area contributed by atoms with E-state index < -0.39 is 6.09 Å². The monoisotopic (exact) mass is 387 g/mol. The van der Waals surface area contributed by atoms with Gasteiger partial charge in [0.15, 0.2) is 0 Å². The molecular weight excluding hydrogens is 374 g/mol. The second-order valence-electron chi connectivity index (χ2n) is 4.94. The predicted molar refractivity (Wildman–Crippen MR) is 90.9 cm³/mol. The van der Waals surface area contributed by atoms with Crippen molar-refractivity contribution in [1.29, 1.82) is 0 Å². The molecule has 0 aliphatic rings. The van der Waals surface area contributed by atoms with Gasteiger partial charge in [0.1, 0.15) is 13.2 Å². The first-order chi connectivity index (χ1) is 11.7. The van der Waals surface area contributed by atoms with Gasteiger partial charge >= 0.3 is 6.09 Å². The number of carbonyl (C=O) groups excluding carboxylic acids is 1.